The molecule has 258 valence electrons. The highest BCUT2D eigenvalue weighted by atomic mass is 35.5. The smallest absolute Gasteiger partial charge is 0.305 e. The normalized spacial score (nSPS) is 17.3. The third kappa shape index (κ3) is 7.40. The van der Waals surface area contributed by atoms with Gasteiger partial charge in [0, 0.05) is 56.4 Å². The zero-order chi connectivity index (χ0) is 34.1. The maximum atomic E-state index is 14.7. The first-order valence-electron chi connectivity index (χ1n) is 16.6. The van der Waals surface area contributed by atoms with Crippen LogP contribution in [0.5, 0.6) is 5.75 Å². The number of aromatic hydroxyl groups is 1. The van der Waals surface area contributed by atoms with Crippen molar-refractivity contribution in [2.45, 2.75) is 44.1 Å². The van der Waals surface area contributed by atoms with E-state index in [4.69, 9.17) is 16.3 Å². The summed E-state index contributed by atoms with van der Waals surface area (Å²) in [5.74, 6) is -0.264. The number of morpholine rings is 1. The Hall–Kier alpha value is -3.78. The number of ether oxygens (including phenoxy) is 1. The molecule has 4 heterocycles. The van der Waals surface area contributed by atoms with E-state index in [9.17, 15) is 24.2 Å². The van der Waals surface area contributed by atoms with E-state index in [1.807, 2.05) is 46.0 Å². The molecule has 0 radical (unpaired) electrons. The van der Waals surface area contributed by atoms with E-state index in [1.165, 1.54) is 6.07 Å². The Kier molecular flexibility index (Phi) is 9.78. The van der Waals surface area contributed by atoms with Crippen LogP contribution in [-0.4, -0.2) is 86.9 Å². The number of phenolic OH excluding ortho intramolecular Hbond substituents is 1. The molecule has 10 nitrogen and oxygen atoms in total. The van der Waals surface area contributed by atoms with Crippen LogP contribution < -0.4 is 10.2 Å². The van der Waals surface area contributed by atoms with E-state index in [0.29, 0.717) is 60.0 Å². The summed E-state index contributed by atoms with van der Waals surface area (Å²) < 4.78 is 23.4. The summed E-state index contributed by atoms with van der Waals surface area (Å²) in [6.07, 6.45) is 3.18. The number of likely N-dealkylation sites (tertiary alicyclic amines) is 1. The van der Waals surface area contributed by atoms with Gasteiger partial charge in [0.2, 0.25) is 5.91 Å². The monoisotopic (exact) mass is 707 g/mol. The van der Waals surface area contributed by atoms with Gasteiger partial charge in [-0.25, -0.2) is 4.39 Å². The molecule has 2 saturated heterocycles. The zero-order valence-electron chi connectivity index (χ0n) is 27.0. The third-order valence-corrected chi connectivity index (χ3v) is 10.9. The number of benzene rings is 3. The van der Waals surface area contributed by atoms with Gasteiger partial charge in [-0.1, -0.05) is 47.2 Å². The molecule has 2 aromatic heterocycles. The summed E-state index contributed by atoms with van der Waals surface area (Å²) in [6.45, 7) is 4.81. The molecule has 0 unspecified atom stereocenters. The number of H-pyrrole nitrogens is 1. The number of amides is 1. The third-order valence-electron chi connectivity index (χ3n) is 9.71. The fourth-order valence-corrected chi connectivity index (χ4v) is 8.37. The molecule has 7 rings (SSSR count). The topological polar surface area (TPSA) is 123 Å². The molecule has 3 aromatic carbocycles. The number of aromatic nitrogens is 2. The Balaban J connectivity index is 0.897. The lowest BCUT2D eigenvalue weighted by Crippen LogP contribution is -2.58. The Bertz CT molecular complexity index is 2040. The van der Waals surface area contributed by atoms with Crippen molar-refractivity contribution in [2.75, 3.05) is 45.9 Å². The van der Waals surface area contributed by atoms with Crippen molar-refractivity contribution in [1.82, 2.24) is 24.7 Å². The van der Waals surface area contributed by atoms with Gasteiger partial charge in [0.05, 0.1) is 33.6 Å². The summed E-state index contributed by atoms with van der Waals surface area (Å²) in [4.78, 5) is 31.7. The maximum Gasteiger partial charge on any atom is 0.305 e. The Morgan fingerprint density at radius 3 is 2.78 bits per heavy atom. The SMILES string of the molecule is O=C(Cn1ccc2cccc(Cl)c21)N1CCOC2(CCN(Cc3cc(F)cc(CCNC[C@H](O)c4ccc(O)c5[nH]c(=O)sc45)c3)CC2)C1. The van der Waals surface area contributed by atoms with Gasteiger partial charge >= 0.3 is 4.87 Å². The number of piperidine rings is 1. The van der Waals surface area contributed by atoms with Gasteiger partial charge < -0.3 is 34.7 Å². The molecule has 1 atom stereocenters. The highest BCUT2D eigenvalue weighted by molar-refractivity contribution is 7.16. The first kappa shape index (κ1) is 33.7. The molecular weight excluding hydrogens is 669 g/mol. The van der Waals surface area contributed by atoms with Crippen LogP contribution in [0.2, 0.25) is 5.02 Å². The average Bonchev–Trinajstić information content (AvgIpc) is 3.68. The van der Waals surface area contributed by atoms with Gasteiger partial charge in [0.1, 0.15) is 23.6 Å². The number of rotatable bonds is 10. The molecule has 1 amide bonds. The molecule has 2 fully saturated rings. The molecule has 0 bridgehead atoms. The molecule has 2 aliphatic rings. The number of carbonyl (C=O) groups is 1. The highest BCUT2D eigenvalue weighted by Crippen LogP contribution is 2.33. The molecule has 1 spiro atoms. The van der Waals surface area contributed by atoms with Crippen molar-refractivity contribution in [3.05, 3.63) is 98.0 Å². The van der Waals surface area contributed by atoms with E-state index >= 15 is 0 Å². The van der Waals surface area contributed by atoms with Crippen molar-refractivity contribution < 1.29 is 24.1 Å². The molecule has 0 saturated carbocycles. The van der Waals surface area contributed by atoms with Crippen LogP contribution in [0, 0.1) is 5.82 Å². The molecule has 5 aromatic rings. The first-order chi connectivity index (χ1) is 23.7. The largest absolute Gasteiger partial charge is 0.506 e. The second-order valence-corrected chi connectivity index (χ2v) is 14.5. The van der Waals surface area contributed by atoms with Gasteiger partial charge in [-0.2, -0.15) is 0 Å². The maximum absolute atomic E-state index is 14.7. The molecular formula is C36H39ClFN5O5S. The van der Waals surface area contributed by atoms with Crippen molar-refractivity contribution in [1.29, 1.82) is 0 Å². The van der Waals surface area contributed by atoms with Crippen LogP contribution >= 0.6 is 22.9 Å². The molecule has 0 aliphatic carbocycles. The fourth-order valence-electron chi connectivity index (χ4n) is 7.17. The van der Waals surface area contributed by atoms with Crippen molar-refractivity contribution >= 4 is 50.0 Å². The minimum Gasteiger partial charge on any atom is -0.506 e. The lowest BCUT2D eigenvalue weighted by Gasteiger charge is -2.47. The number of aliphatic hydroxyl groups excluding tert-OH is 1. The lowest BCUT2D eigenvalue weighted by atomic mass is 9.89. The lowest BCUT2D eigenvalue weighted by molar-refractivity contribution is -0.160. The Morgan fingerprint density at radius 2 is 1.94 bits per heavy atom. The van der Waals surface area contributed by atoms with Gasteiger partial charge in [0.25, 0.3) is 0 Å². The first-order valence-corrected chi connectivity index (χ1v) is 17.8. The number of phenols is 1. The van der Waals surface area contributed by atoms with Crippen LogP contribution in [0.3, 0.4) is 0 Å². The molecule has 49 heavy (non-hydrogen) atoms. The van der Waals surface area contributed by atoms with Crippen LogP contribution in [-0.2, 0) is 29.0 Å². The van der Waals surface area contributed by atoms with Crippen LogP contribution in [0.25, 0.3) is 21.1 Å². The summed E-state index contributed by atoms with van der Waals surface area (Å²) >= 11 is 7.39. The van der Waals surface area contributed by atoms with E-state index in [2.05, 4.69) is 15.2 Å². The van der Waals surface area contributed by atoms with Gasteiger partial charge in [-0.05, 0) is 67.3 Å². The average molecular weight is 708 g/mol. The Morgan fingerprint density at radius 1 is 1.12 bits per heavy atom. The van der Waals surface area contributed by atoms with Crippen molar-refractivity contribution in [2.24, 2.45) is 0 Å². The number of nitrogens with one attached hydrogen (secondary N) is 2. The second kappa shape index (κ2) is 14.2. The predicted octanol–water partition coefficient (Wildman–Crippen LogP) is 4.80. The number of aromatic amines is 1. The fraction of sp³-hybridized carbons (Fsp3) is 0.389. The number of para-hydroxylation sites is 1. The van der Waals surface area contributed by atoms with Gasteiger partial charge in [-0.15, -0.1) is 0 Å². The predicted molar refractivity (Wildman–Crippen MR) is 189 cm³/mol. The van der Waals surface area contributed by atoms with Crippen molar-refractivity contribution in [3.63, 3.8) is 0 Å². The molecule has 13 heteroatoms. The summed E-state index contributed by atoms with van der Waals surface area (Å²) in [7, 11) is 0. The quantitative estimate of drug-likeness (QED) is 0.154. The number of thiazole rings is 1. The minimum absolute atomic E-state index is 0.0339. The number of carbonyl (C=O) groups excluding carboxylic acids is 1. The Labute approximate surface area is 291 Å². The number of fused-ring (bicyclic) bond motifs is 2. The summed E-state index contributed by atoms with van der Waals surface area (Å²) in [5, 5.41) is 25.6. The summed E-state index contributed by atoms with van der Waals surface area (Å²) in [6, 6.07) is 15.9. The van der Waals surface area contributed by atoms with E-state index < -0.39 is 6.10 Å². The van der Waals surface area contributed by atoms with Gasteiger partial charge in [-0.3, -0.25) is 14.5 Å². The molecule has 4 N–H and O–H groups in total. The van der Waals surface area contributed by atoms with Crippen LogP contribution in [0.15, 0.2) is 65.6 Å². The summed E-state index contributed by atoms with van der Waals surface area (Å²) in [5.41, 5.74) is 3.15. The number of hydrogen-bond donors (Lipinski definition) is 4. The van der Waals surface area contributed by atoms with Crippen LogP contribution in [0.4, 0.5) is 4.39 Å². The van der Waals surface area contributed by atoms with E-state index in [0.717, 1.165) is 59.3 Å². The standard InChI is InChI=1S/C36H39ClFN5O5S/c37-28-3-1-2-25-7-11-42(33(25)28)21-31(46)43-14-15-48-36(22-43)8-12-41(13-9-36)20-24-16-23(17-26(38)18-24)6-10-39-19-30(45)27-4-5-29(44)32-34(27)49-35(47)40-32/h1-5,7,11,16-18,30,39,44-45H,6,8-10,12-15,19-22H2,(H,40,47)/t30-/m0/s1. The number of nitrogens with zero attached hydrogens (tertiary/aromatic N) is 3. The number of halogens is 2. The number of hydrogen-bond acceptors (Lipinski definition) is 8. The highest BCUT2D eigenvalue weighted by Gasteiger charge is 2.41. The molecule has 2 aliphatic heterocycles. The van der Waals surface area contributed by atoms with Crippen LogP contribution in [0.1, 0.15) is 35.6 Å². The second-order valence-electron chi connectivity index (χ2n) is 13.1. The van der Waals surface area contributed by atoms with Gasteiger partial charge in [0.15, 0.2) is 0 Å². The minimum atomic E-state index is -0.878. The van der Waals surface area contributed by atoms with Crippen molar-refractivity contribution in [3.8, 4) is 5.75 Å². The van der Waals surface area contributed by atoms with E-state index in [-0.39, 0.29) is 41.0 Å². The number of aliphatic hydroxyl groups is 1. The zero-order valence-corrected chi connectivity index (χ0v) is 28.5. The van der Waals surface area contributed by atoms with E-state index in [1.54, 1.807) is 18.2 Å².